The van der Waals surface area contributed by atoms with Gasteiger partial charge in [0.1, 0.15) is 0 Å². The maximum Gasteiger partial charge on any atom is 0.450 e. The van der Waals surface area contributed by atoms with Gasteiger partial charge in [0.15, 0.2) is 0 Å². The molecule has 1 nitrogen and oxygen atoms in total. The Bertz CT molecular complexity index is 367. The Labute approximate surface area is 93.8 Å². The Morgan fingerprint density at radius 3 is 2.07 bits per heavy atom. The summed E-state index contributed by atoms with van der Waals surface area (Å²) in [6.07, 6.45) is -5.69. The minimum Gasteiger partial charge on any atom is -0.289 e. The molecule has 0 bridgehead atoms. The van der Waals surface area contributed by atoms with Crippen LogP contribution in [0.4, 0.5) is 13.2 Å². The van der Waals surface area contributed by atoms with Crippen molar-refractivity contribution in [3.63, 3.8) is 0 Å². The molecule has 1 rings (SSSR count). The van der Waals surface area contributed by atoms with Crippen LogP contribution in [0.3, 0.4) is 0 Å². The van der Waals surface area contributed by atoms with Crippen LogP contribution >= 0.6 is 23.2 Å². The monoisotopic (exact) mass is 256 g/mol. The molecule has 0 amide bonds. The lowest BCUT2D eigenvalue weighted by Crippen LogP contribution is -2.24. The fourth-order valence-corrected chi connectivity index (χ4v) is 1.49. The van der Waals surface area contributed by atoms with Crippen molar-refractivity contribution in [2.24, 2.45) is 0 Å². The molecular formula is C9H5Cl2F3O. The third kappa shape index (κ3) is 3.11. The van der Waals surface area contributed by atoms with Gasteiger partial charge in [0, 0.05) is 16.5 Å². The van der Waals surface area contributed by atoms with Gasteiger partial charge in [0.2, 0.25) is 5.78 Å². The van der Waals surface area contributed by atoms with Crippen LogP contribution in [-0.4, -0.2) is 12.0 Å². The van der Waals surface area contributed by atoms with Crippen LogP contribution in [0.15, 0.2) is 18.2 Å². The molecule has 0 aromatic heterocycles. The summed E-state index contributed by atoms with van der Waals surface area (Å²) in [5.41, 5.74) is 0.00292. The first-order valence-corrected chi connectivity index (χ1v) is 4.61. The van der Waals surface area contributed by atoms with Crippen molar-refractivity contribution in [2.45, 2.75) is 12.6 Å². The van der Waals surface area contributed by atoms with Crippen LogP contribution in [-0.2, 0) is 11.2 Å². The number of ketones is 1. The molecule has 0 fully saturated rings. The Kier molecular flexibility index (Phi) is 3.62. The van der Waals surface area contributed by atoms with Gasteiger partial charge in [-0.05, 0) is 17.7 Å². The summed E-state index contributed by atoms with van der Waals surface area (Å²) < 4.78 is 35.9. The molecule has 0 saturated carbocycles. The van der Waals surface area contributed by atoms with Gasteiger partial charge >= 0.3 is 6.18 Å². The smallest absolute Gasteiger partial charge is 0.289 e. The molecule has 0 heterocycles. The van der Waals surface area contributed by atoms with Gasteiger partial charge in [0.05, 0.1) is 0 Å². The predicted molar refractivity (Wildman–Crippen MR) is 51.2 cm³/mol. The van der Waals surface area contributed by atoms with Crippen molar-refractivity contribution < 1.29 is 18.0 Å². The van der Waals surface area contributed by atoms with Crippen molar-refractivity contribution in [3.8, 4) is 0 Å². The molecule has 6 heteroatoms. The maximum atomic E-state index is 12.0. The van der Waals surface area contributed by atoms with Crippen LogP contribution in [0.25, 0.3) is 0 Å². The standard InChI is InChI=1S/C9H5Cl2F3O/c10-6-2-1-3-7(11)5(6)4-8(15)9(12,13)14/h1-3H,4H2. The number of carbonyl (C=O) groups excluding carboxylic acids is 1. The van der Waals surface area contributed by atoms with Crippen LogP contribution in [0.2, 0.25) is 10.0 Å². The van der Waals surface area contributed by atoms with E-state index in [2.05, 4.69) is 0 Å². The minimum absolute atomic E-state index is 0.00292. The van der Waals surface area contributed by atoms with E-state index in [9.17, 15) is 18.0 Å². The summed E-state index contributed by atoms with van der Waals surface area (Å²) in [4.78, 5) is 10.7. The molecule has 15 heavy (non-hydrogen) atoms. The summed E-state index contributed by atoms with van der Waals surface area (Å²) >= 11 is 11.2. The van der Waals surface area contributed by atoms with Gasteiger partial charge in [-0.3, -0.25) is 4.79 Å². The summed E-state index contributed by atoms with van der Waals surface area (Å²) in [7, 11) is 0. The first-order chi connectivity index (χ1) is 6.82. The third-order valence-corrected chi connectivity index (χ3v) is 2.42. The van der Waals surface area contributed by atoms with E-state index in [0.29, 0.717) is 0 Å². The van der Waals surface area contributed by atoms with E-state index in [1.165, 1.54) is 18.2 Å². The summed E-state index contributed by atoms with van der Waals surface area (Å²) in [5, 5.41) is 0.111. The lowest BCUT2D eigenvalue weighted by molar-refractivity contribution is -0.170. The fraction of sp³-hybridized carbons (Fsp3) is 0.222. The van der Waals surface area contributed by atoms with Crippen molar-refractivity contribution in [3.05, 3.63) is 33.8 Å². The number of alkyl halides is 3. The first kappa shape index (κ1) is 12.3. The van der Waals surface area contributed by atoms with Gasteiger partial charge in [-0.25, -0.2) is 0 Å². The van der Waals surface area contributed by atoms with E-state index in [-0.39, 0.29) is 15.6 Å². The maximum absolute atomic E-state index is 12.0. The van der Waals surface area contributed by atoms with E-state index in [0.717, 1.165) is 0 Å². The summed E-state index contributed by atoms with van der Waals surface area (Å²) in [6.45, 7) is 0. The number of rotatable bonds is 2. The highest BCUT2D eigenvalue weighted by Gasteiger charge is 2.38. The molecule has 0 spiro atoms. The molecule has 0 aliphatic carbocycles. The number of Topliss-reactive ketones (excluding diaryl/α,β-unsaturated/α-hetero) is 1. The first-order valence-electron chi connectivity index (χ1n) is 3.85. The van der Waals surface area contributed by atoms with Crippen molar-refractivity contribution in [2.75, 3.05) is 0 Å². The number of hydrogen-bond donors (Lipinski definition) is 0. The molecule has 0 N–H and O–H groups in total. The van der Waals surface area contributed by atoms with E-state index < -0.39 is 18.4 Å². The zero-order valence-electron chi connectivity index (χ0n) is 7.24. The highest BCUT2D eigenvalue weighted by molar-refractivity contribution is 6.36. The molecule has 0 atom stereocenters. The molecule has 82 valence electrons. The summed E-state index contributed by atoms with van der Waals surface area (Å²) in [6, 6.07) is 4.26. The minimum atomic E-state index is -4.86. The van der Waals surface area contributed by atoms with Crippen molar-refractivity contribution in [1.29, 1.82) is 0 Å². The van der Waals surface area contributed by atoms with Gasteiger partial charge in [-0.1, -0.05) is 29.3 Å². The largest absolute Gasteiger partial charge is 0.450 e. The van der Waals surface area contributed by atoms with Crippen LogP contribution in [0, 0.1) is 0 Å². The van der Waals surface area contributed by atoms with E-state index >= 15 is 0 Å². The van der Waals surface area contributed by atoms with E-state index in [4.69, 9.17) is 23.2 Å². The number of carbonyl (C=O) groups is 1. The number of hydrogen-bond acceptors (Lipinski definition) is 1. The zero-order chi connectivity index (χ0) is 11.6. The Morgan fingerprint density at radius 2 is 1.67 bits per heavy atom. The molecule has 0 saturated heterocycles. The van der Waals surface area contributed by atoms with Crippen LogP contribution in [0.1, 0.15) is 5.56 Å². The average Bonchev–Trinajstić information content (AvgIpc) is 2.09. The third-order valence-electron chi connectivity index (χ3n) is 1.72. The average molecular weight is 257 g/mol. The number of halogens is 5. The molecule has 0 radical (unpaired) electrons. The zero-order valence-corrected chi connectivity index (χ0v) is 8.75. The van der Waals surface area contributed by atoms with Crippen LogP contribution < -0.4 is 0 Å². The molecule has 0 aliphatic rings. The van der Waals surface area contributed by atoms with E-state index in [1.54, 1.807) is 0 Å². The quantitative estimate of drug-likeness (QED) is 0.789. The van der Waals surface area contributed by atoms with Crippen molar-refractivity contribution in [1.82, 2.24) is 0 Å². The van der Waals surface area contributed by atoms with Gasteiger partial charge in [-0.2, -0.15) is 13.2 Å². The highest BCUT2D eigenvalue weighted by atomic mass is 35.5. The lowest BCUT2D eigenvalue weighted by atomic mass is 10.1. The van der Waals surface area contributed by atoms with Crippen molar-refractivity contribution >= 4 is 29.0 Å². The Balaban J connectivity index is 2.95. The molecular weight excluding hydrogens is 252 g/mol. The highest BCUT2D eigenvalue weighted by Crippen LogP contribution is 2.27. The lowest BCUT2D eigenvalue weighted by Gasteiger charge is -2.07. The van der Waals surface area contributed by atoms with E-state index in [1.807, 2.05) is 0 Å². The molecule has 1 aromatic carbocycles. The SMILES string of the molecule is O=C(Cc1c(Cl)cccc1Cl)C(F)(F)F. The second kappa shape index (κ2) is 4.41. The Hall–Kier alpha value is -0.740. The van der Waals surface area contributed by atoms with Gasteiger partial charge < -0.3 is 0 Å². The normalized spacial score (nSPS) is 11.5. The van der Waals surface area contributed by atoms with Gasteiger partial charge in [-0.15, -0.1) is 0 Å². The summed E-state index contributed by atoms with van der Waals surface area (Å²) in [5.74, 6) is -1.86. The predicted octanol–water partition coefficient (Wildman–Crippen LogP) is 3.67. The topological polar surface area (TPSA) is 17.1 Å². The second-order valence-corrected chi connectivity index (χ2v) is 3.61. The van der Waals surface area contributed by atoms with Crippen LogP contribution in [0.5, 0.6) is 0 Å². The molecule has 0 unspecified atom stereocenters. The molecule has 1 aromatic rings. The second-order valence-electron chi connectivity index (χ2n) is 2.80. The Morgan fingerprint density at radius 1 is 1.20 bits per heavy atom. The number of benzene rings is 1. The molecule has 0 aliphatic heterocycles. The fourth-order valence-electron chi connectivity index (χ4n) is 0.962. The van der Waals surface area contributed by atoms with Gasteiger partial charge in [0.25, 0.3) is 0 Å².